The van der Waals surface area contributed by atoms with E-state index in [0.29, 0.717) is 11.8 Å². The molecule has 0 fully saturated rings. The fourth-order valence-electron chi connectivity index (χ4n) is 2.91. The van der Waals surface area contributed by atoms with Gasteiger partial charge in [0.05, 0.1) is 12.9 Å². The molecule has 0 amide bonds. The van der Waals surface area contributed by atoms with Crippen LogP contribution in [0.1, 0.15) is 56.2 Å². The number of benzene rings is 2. The highest BCUT2D eigenvalue weighted by Crippen LogP contribution is 2.28. The van der Waals surface area contributed by atoms with Gasteiger partial charge in [0.2, 0.25) is 0 Å². The molecule has 2 heterocycles. The van der Waals surface area contributed by atoms with Crippen LogP contribution in [-0.4, -0.2) is 6.61 Å². The molecular weight excluding hydrogens is 296 g/mol. The van der Waals surface area contributed by atoms with Crippen LogP contribution >= 0.6 is 0 Å². The second-order valence-electron chi connectivity index (χ2n) is 6.99. The standard InChI is InChI=1S/C11H14O.C11H12O/c2*1-8(2)9-3-4-11-10(7-9)5-6-12-11/h3-4,7-8H,5-6H2,1-2H3;3-8H,1-2H3. The first kappa shape index (κ1) is 16.6. The van der Waals surface area contributed by atoms with Crippen molar-refractivity contribution in [1.82, 2.24) is 0 Å². The smallest absolute Gasteiger partial charge is 0.133 e. The Morgan fingerprint density at radius 3 is 2.29 bits per heavy atom. The maximum Gasteiger partial charge on any atom is 0.133 e. The molecule has 0 saturated heterocycles. The molecule has 3 aromatic rings. The molecule has 126 valence electrons. The Balaban J connectivity index is 0.000000141. The van der Waals surface area contributed by atoms with Crippen LogP contribution in [0.25, 0.3) is 11.0 Å². The van der Waals surface area contributed by atoms with E-state index in [1.54, 1.807) is 6.26 Å². The summed E-state index contributed by atoms with van der Waals surface area (Å²) in [5.74, 6) is 2.29. The molecule has 1 aromatic heterocycles. The maximum absolute atomic E-state index is 5.43. The predicted octanol–water partition coefficient (Wildman–Crippen LogP) is 6.30. The largest absolute Gasteiger partial charge is 0.493 e. The highest BCUT2D eigenvalue weighted by Gasteiger charge is 2.12. The first-order valence-corrected chi connectivity index (χ1v) is 8.77. The molecule has 0 spiro atoms. The van der Waals surface area contributed by atoms with Gasteiger partial charge in [-0.2, -0.15) is 0 Å². The van der Waals surface area contributed by atoms with E-state index in [1.807, 2.05) is 12.1 Å². The molecule has 0 N–H and O–H groups in total. The minimum Gasteiger partial charge on any atom is -0.493 e. The normalized spacial score (nSPS) is 12.9. The number of rotatable bonds is 2. The van der Waals surface area contributed by atoms with Crippen molar-refractivity contribution in [2.24, 2.45) is 0 Å². The topological polar surface area (TPSA) is 22.4 Å². The minimum atomic E-state index is 0.587. The van der Waals surface area contributed by atoms with Gasteiger partial charge in [0.25, 0.3) is 0 Å². The molecule has 1 aliphatic rings. The molecule has 0 atom stereocenters. The molecule has 2 nitrogen and oxygen atoms in total. The van der Waals surface area contributed by atoms with Crippen molar-refractivity contribution < 1.29 is 9.15 Å². The van der Waals surface area contributed by atoms with E-state index in [-0.39, 0.29) is 0 Å². The Bertz CT molecular complexity index is 812. The van der Waals surface area contributed by atoms with Crippen LogP contribution < -0.4 is 4.74 Å². The van der Waals surface area contributed by atoms with Crippen molar-refractivity contribution in [3.63, 3.8) is 0 Å². The molecular formula is C22H26O2. The van der Waals surface area contributed by atoms with Crippen molar-refractivity contribution in [2.75, 3.05) is 6.61 Å². The number of furan rings is 1. The molecule has 2 aromatic carbocycles. The van der Waals surface area contributed by atoms with Gasteiger partial charge < -0.3 is 9.15 Å². The van der Waals surface area contributed by atoms with Gasteiger partial charge in [-0.25, -0.2) is 0 Å². The molecule has 0 radical (unpaired) electrons. The minimum absolute atomic E-state index is 0.587. The number of hydrogen-bond donors (Lipinski definition) is 0. The van der Waals surface area contributed by atoms with Crippen LogP contribution in [-0.2, 0) is 6.42 Å². The third-order valence-corrected chi connectivity index (χ3v) is 4.52. The zero-order valence-corrected chi connectivity index (χ0v) is 15.0. The summed E-state index contributed by atoms with van der Waals surface area (Å²) in [6, 6.07) is 14.9. The van der Waals surface area contributed by atoms with Crippen LogP contribution in [0, 0.1) is 0 Å². The highest BCUT2D eigenvalue weighted by atomic mass is 16.5. The molecule has 0 bridgehead atoms. The van der Waals surface area contributed by atoms with Gasteiger partial charge in [-0.15, -0.1) is 0 Å². The molecule has 0 unspecified atom stereocenters. The van der Waals surface area contributed by atoms with E-state index in [0.717, 1.165) is 24.4 Å². The number of hydrogen-bond acceptors (Lipinski definition) is 2. The van der Waals surface area contributed by atoms with Crippen LogP contribution in [0.4, 0.5) is 0 Å². The van der Waals surface area contributed by atoms with Crippen molar-refractivity contribution in [2.45, 2.75) is 46.0 Å². The van der Waals surface area contributed by atoms with Gasteiger partial charge in [-0.1, -0.05) is 45.9 Å². The van der Waals surface area contributed by atoms with E-state index < -0.39 is 0 Å². The summed E-state index contributed by atoms with van der Waals surface area (Å²) in [6.07, 6.45) is 2.81. The summed E-state index contributed by atoms with van der Waals surface area (Å²) in [4.78, 5) is 0. The van der Waals surface area contributed by atoms with Crippen molar-refractivity contribution in [3.05, 3.63) is 65.4 Å². The lowest BCUT2D eigenvalue weighted by atomic mass is 10.00. The summed E-state index contributed by atoms with van der Waals surface area (Å²) in [5.41, 5.74) is 5.13. The molecule has 0 aliphatic carbocycles. The maximum atomic E-state index is 5.43. The van der Waals surface area contributed by atoms with Crippen LogP contribution in [0.5, 0.6) is 5.75 Å². The average Bonchev–Trinajstić information content (AvgIpc) is 3.22. The Hall–Kier alpha value is -2.22. The van der Waals surface area contributed by atoms with Crippen molar-refractivity contribution >= 4 is 11.0 Å². The third-order valence-electron chi connectivity index (χ3n) is 4.52. The Morgan fingerprint density at radius 1 is 0.833 bits per heavy atom. The SMILES string of the molecule is CC(C)c1ccc2c(c1)CCO2.CC(C)c1ccc2occc2c1. The Kier molecular flexibility index (Phi) is 4.94. The number of ether oxygens (including phenoxy) is 1. The van der Waals surface area contributed by atoms with E-state index in [1.165, 1.54) is 22.1 Å². The summed E-state index contributed by atoms with van der Waals surface area (Å²) < 4.78 is 10.7. The van der Waals surface area contributed by atoms with Crippen LogP contribution in [0.3, 0.4) is 0 Å². The quantitative estimate of drug-likeness (QED) is 0.552. The summed E-state index contributed by atoms with van der Waals surface area (Å²) in [5, 5.41) is 1.20. The predicted molar refractivity (Wildman–Crippen MR) is 100 cm³/mol. The monoisotopic (exact) mass is 322 g/mol. The zero-order valence-electron chi connectivity index (χ0n) is 15.0. The van der Waals surface area contributed by atoms with E-state index in [9.17, 15) is 0 Å². The van der Waals surface area contributed by atoms with Gasteiger partial charge in [-0.05, 0) is 52.8 Å². The van der Waals surface area contributed by atoms with Gasteiger partial charge in [0.1, 0.15) is 11.3 Å². The van der Waals surface area contributed by atoms with Gasteiger partial charge >= 0.3 is 0 Å². The van der Waals surface area contributed by atoms with E-state index >= 15 is 0 Å². The summed E-state index contributed by atoms with van der Waals surface area (Å²) in [6.45, 7) is 9.69. The zero-order chi connectivity index (χ0) is 17.1. The molecule has 4 rings (SSSR count). The second-order valence-corrected chi connectivity index (χ2v) is 6.99. The summed E-state index contributed by atoms with van der Waals surface area (Å²) in [7, 11) is 0. The lowest BCUT2D eigenvalue weighted by molar-refractivity contribution is 0.357. The number of fused-ring (bicyclic) bond motifs is 2. The first-order valence-electron chi connectivity index (χ1n) is 8.77. The van der Waals surface area contributed by atoms with Gasteiger partial charge in [0, 0.05) is 11.8 Å². The van der Waals surface area contributed by atoms with Gasteiger partial charge in [-0.3, -0.25) is 0 Å². The third kappa shape index (κ3) is 3.64. The van der Waals surface area contributed by atoms with E-state index in [4.69, 9.17) is 9.15 Å². The van der Waals surface area contributed by atoms with Crippen LogP contribution in [0.2, 0.25) is 0 Å². The average molecular weight is 322 g/mol. The Labute approximate surface area is 144 Å². The molecule has 1 aliphatic heterocycles. The highest BCUT2D eigenvalue weighted by molar-refractivity contribution is 5.77. The Morgan fingerprint density at radius 2 is 1.54 bits per heavy atom. The van der Waals surface area contributed by atoms with Crippen molar-refractivity contribution in [1.29, 1.82) is 0 Å². The fraction of sp³-hybridized carbons (Fsp3) is 0.364. The fourth-order valence-corrected chi connectivity index (χ4v) is 2.91. The molecule has 2 heteroatoms. The first-order chi connectivity index (χ1) is 11.5. The van der Waals surface area contributed by atoms with Crippen LogP contribution in [0.15, 0.2) is 53.1 Å². The summed E-state index contributed by atoms with van der Waals surface area (Å²) >= 11 is 0. The molecule has 24 heavy (non-hydrogen) atoms. The van der Waals surface area contributed by atoms with Crippen molar-refractivity contribution in [3.8, 4) is 5.75 Å². The molecule has 0 saturated carbocycles. The lowest BCUT2D eigenvalue weighted by Gasteiger charge is -2.06. The lowest BCUT2D eigenvalue weighted by Crippen LogP contribution is -1.87. The van der Waals surface area contributed by atoms with Gasteiger partial charge in [0.15, 0.2) is 0 Å². The van der Waals surface area contributed by atoms with E-state index in [2.05, 4.69) is 58.0 Å². The second kappa shape index (κ2) is 7.12.